The summed E-state index contributed by atoms with van der Waals surface area (Å²) < 4.78 is 31.8. The van der Waals surface area contributed by atoms with Crippen LogP contribution in [0.1, 0.15) is 17.7 Å². The average Bonchev–Trinajstić information content (AvgIpc) is 3.31. The number of anilines is 1. The standard InChI is InChI=1S/C23H28N4O3S/c1-31(28,29)26-17-7-8-21-20(15-17)19-9-11-24-23(22(19)25-21)10-12-27(16-23)13-14-30-18-5-3-2-4-6-18/h2-8,15,24-26H,9-14,16H2,1H3/t23-/m1/s1. The minimum Gasteiger partial charge on any atom is -0.492 e. The van der Waals surface area contributed by atoms with Crippen LogP contribution < -0.4 is 14.8 Å². The number of H-pyrrole nitrogens is 1. The fourth-order valence-corrected chi connectivity index (χ4v) is 5.50. The summed E-state index contributed by atoms with van der Waals surface area (Å²) in [6, 6.07) is 15.7. The van der Waals surface area contributed by atoms with E-state index < -0.39 is 10.0 Å². The number of hydrogen-bond donors (Lipinski definition) is 3. The summed E-state index contributed by atoms with van der Waals surface area (Å²) in [6.45, 7) is 4.41. The van der Waals surface area contributed by atoms with Crippen molar-refractivity contribution in [2.45, 2.75) is 18.4 Å². The summed E-state index contributed by atoms with van der Waals surface area (Å²) in [5.41, 5.74) is 4.11. The van der Waals surface area contributed by atoms with Gasteiger partial charge in [0.2, 0.25) is 10.0 Å². The van der Waals surface area contributed by atoms with E-state index in [0.717, 1.165) is 55.7 Å². The van der Waals surface area contributed by atoms with E-state index in [1.807, 2.05) is 48.5 Å². The number of aromatic nitrogens is 1. The molecule has 5 rings (SSSR count). The number of likely N-dealkylation sites (tertiary alicyclic amines) is 1. The number of ether oxygens (including phenoxy) is 1. The second-order valence-electron chi connectivity index (χ2n) is 8.56. The number of benzene rings is 2. The molecule has 0 radical (unpaired) electrons. The molecule has 0 unspecified atom stereocenters. The number of sulfonamides is 1. The number of nitrogens with one attached hydrogen (secondary N) is 3. The smallest absolute Gasteiger partial charge is 0.229 e. The van der Waals surface area contributed by atoms with Crippen LogP contribution in [0, 0.1) is 0 Å². The highest BCUT2D eigenvalue weighted by Crippen LogP contribution is 2.40. The van der Waals surface area contributed by atoms with Crippen LogP contribution in [0.4, 0.5) is 5.69 Å². The van der Waals surface area contributed by atoms with Gasteiger partial charge >= 0.3 is 0 Å². The molecule has 1 aromatic heterocycles. The Hall–Kier alpha value is -2.55. The lowest BCUT2D eigenvalue weighted by molar-refractivity contribution is 0.218. The molecule has 164 valence electrons. The predicted molar refractivity (Wildman–Crippen MR) is 123 cm³/mol. The first kappa shape index (κ1) is 20.4. The van der Waals surface area contributed by atoms with Crippen molar-refractivity contribution in [1.29, 1.82) is 0 Å². The SMILES string of the molecule is CS(=O)(=O)Nc1ccc2[nH]c3c(c2c1)CCN[C@@]31CCN(CCOc2ccccc2)C1. The van der Waals surface area contributed by atoms with Gasteiger partial charge in [0.25, 0.3) is 0 Å². The largest absolute Gasteiger partial charge is 0.492 e. The predicted octanol–water partition coefficient (Wildman–Crippen LogP) is 2.67. The summed E-state index contributed by atoms with van der Waals surface area (Å²) in [5.74, 6) is 0.906. The molecule has 0 bridgehead atoms. The van der Waals surface area contributed by atoms with Gasteiger partial charge in [0.15, 0.2) is 0 Å². The van der Waals surface area contributed by atoms with Gasteiger partial charge in [-0.1, -0.05) is 18.2 Å². The molecule has 0 saturated carbocycles. The summed E-state index contributed by atoms with van der Waals surface area (Å²) >= 11 is 0. The van der Waals surface area contributed by atoms with E-state index >= 15 is 0 Å². The lowest BCUT2D eigenvalue weighted by atomic mass is 9.86. The first-order valence-electron chi connectivity index (χ1n) is 10.7. The molecule has 1 spiro atoms. The van der Waals surface area contributed by atoms with Crippen LogP contribution in [0.5, 0.6) is 5.75 Å². The summed E-state index contributed by atoms with van der Waals surface area (Å²) in [5, 5.41) is 4.88. The van der Waals surface area contributed by atoms with Gasteiger partial charge in [-0.15, -0.1) is 0 Å². The zero-order valence-corrected chi connectivity index (χ0v) is 18.5. The van der Waals surface area contributed by atoms with Gasteiger partial charge in [-0.25, -0.2) is 8.42 Å². The van der Waals surface area contributed by atoms with Crippen molar-refractivity contribution in [3.8, 4) is 5.75 Å². The Balaban J connectivity index is 1.34. The van der Waals surface area contributed by atoms with Gasteiger partial charge in [-0.3, -0.25) is 9.62 Å². The highest BCUT2D eigenvalue weighted by molar-refractivity contribution is 7.92. The fourth-order valence-electron chi connectivity index (χ4n) is 4.95. The number of aromatic amines is 1. The third-order valence-corrected chi connectivity index (χ3v) is 6.90. The molecule has 3 heterocycles. The molecule has 31 heavy (non-hydrogen) atoms. The Bertz CT molecular complexity index is 1190. The Morgan fingerprint density at radius 1 is 1.19 bits per heavy atom. The molecule has 1 saturated heterocycles. The van der Waals surface area contributed by atoms with Crippen LogP contribution in [-0.4, -0.2) is 57.3 Å². The maximum absolute atomic E-state index is 11.6. The quantitative estimate of drug-likeness (QED) is 0.549. The number of fused-ring (bicyclic) bond motifs is 4. The average molecular weight is 441 g/mol. The minimum atomic E-state index is -3.30. The molecular weight excluding hydrogens is 412 g/mol. The van der Waals surface area contributed by atoms with Crippen molar-refractivity contribution in [2.24, 2.45) is 0 Å². The molecule has 2 aliphatic rings. The minimum absolute atomic E-state index is 0.0935. The van der Waals surface area contributed by atoms with Gasteiger partial charge in [-0.2, -0.15) is 0 Å². The van der Waals surface area contributed by atoms with Crippen LogP contribution in [0.2, 0.25) is 0 Å². The lowest BCUT2D eigenvalue weighted by Crippen LogP contribution is -2.49. The Morgan fingerprint density at radius 3 is 2.84 bits per heavy atom. The summed E-state index contributed by atoms with van der Waals surface area (Å²) in [6.07, 6.45) is 3.14. The maximum Gasteiger partial charge on any atom is 0.229 e. The molecule has 2 aromatic carbocycles. The lowest BCUT2D eigenvalue weighted by Gasteiger charge is -2.35. The van der Waals surface area contributed by atoms with Gasteiger partial charge in [0, 0.05) is 48.5 Å². The Morgan fingerprint density at radius 2 is 2.03 bits per heavy atom. The van der Waals surface area contributed by atoms with Gasteiger partial charge in [0.05, 0.1) is 11.8 Å². The number of rotatable bonds is 6. The molecule has 0 amide bonds. The normalized spacial score (nSPS) is 21.5. The Kier molecular flexibility index (Phi) is 5.16. The molecule has 1 atom stereocenters. The molecule has 3 N–H and O–H groups in total. The highest BCUT2D eigenvalue weighted by Gasteiger charge is 2.43. The van der Waals surface area contributed by atoms with Crippen LogP contribution in [0.3, 0.4) is 0 Å². The molecule has 8 heteroatoms. The maximum atomic E-state index is 11.6. The summed E-state index contributed by atoms with van der Waals surface area (Å²) in [4.78, 5) is 6.10. The van der Waals surface area contributed by atoms with Gasteiger partial charge < -0.3 is 15.0 Å². The third-order valence-electron chi connectivity index (χ3n) is 6.29. The van der Waals surface area contributed by atoms with Gasteiger partial charge in [0.1, 0.15) is 12.4 Å². The van der Waals surface area contributed by atoms with E-state index in [2.05, 4.69) is 19.9 Å². The highest BCUT2D eigenvalue weighted by atomic mass is 32.2. The van der Waals surface area contributed by atoms with E-state index in [1.54, 1.807) is 0 Å². The molecule has 0 aliphatic carbocycles. The van der Waals surface area contributed by atoms with E-state index in [1.165, 1.54) is 17.5 Å². The van der Waals surface area contributed by atoms with Crippen LogP contribution in [0.15, 0.2) is 48.5 Å². The second-order valence-corrected chi connectivity index (χ2v) is 10.3. The van der Waals surface area contributed by atoms with Crippen molar-refractivity contribution >= 4 is 26.6 Å². The number of nitrogens with zero attached hydrogens (tertiary/aromatic N) is 1. The van der Waals surface area contributed by atoms with Crippen LogP contribution in [-0.2, 0) is 22.0 Å². The third kappa shape index (κ3) is 4.15. The van der Waals surface area contributed by atoms with E-state index in [-0.39, 0.29) is 5.54 Å². The van der Waals surface area contributed by atoms with Crippen LogP contribution in [0.25, 0.3) is 10.9 Å². The Labute approximate surface area is 182 Å². The van der Waals surface area contributed by atoms with Gasteiger partial charge in [-0.05, 0) is 48.7 Å². The van der Waals surface area contributed by atoms with Crippen molar-refractivity contribution in [2.75, 3.05) is 43.8 Å². The van der Waals surface area contributed by atoms with E-state index in [4.69, 9.17) is 4.74 Å². The van der Waals surface area contributed by atoms with E-state index in [0.29, 0.717) is 12.3 Å². The molecule has 7 nitrogen and oxygen atoms in total. The number of para-hydroxylation sites is 1. The van der Waals surface area contributed by atoms with E-state index in [9.17, 15) is 8.42 Å². The zero-order chi connectivity index (χ0) is 21.5. The van der Waals surface area contributed by atoms with Crippen molar-refractivity contribution in [3.63, 3.8) is 0 Å². The zero-order valence-electron chi connectivity index (χ0n) is 17.6. The fraction of sp³-hybridized carbons (Fsp3) is 0.391. The van der Waals surface area contributed by atoms with Crippen molar-refractivity contribution < 1.29 is 13.2 Å². The van der Waals surface area contributed by atoms with Crippen LogP contribution >= 0.6 is 0 Å². The molecular formula is C23H28N4O3S. The monoisotopic (exact) mass is 440 g/mol. The second kappa shape index (κ2) is 7.85. The molecule has 1 fully saturated rings. The molecule has 2 aliphatic heterocycles. The summed E-state index contributed by atoms with van der Waals surface area (Å²) in [7, 11) is -3.30. The first-order chi connectivity index (χ1) is 14.9. The van der Waals surface area contributed by atoms with Crippen molar-refractivity contribution in [3.05, 3.63) is 59.8 Å². The van der Waals surface area contributed by atoms with Crippen molar-refractivity contribution in [1.82, 2.24) is 15.2 Å². The number of hydrogen-bond acceptors (Lipinski definition) is 5. The first-order valence-corrected chi connectivity index (χ1v) is 12.6. The molecule has 3 aromatic rings. The topological polar surface area (TPSA) is 86.5 Å².